The van der Waals surface area contributed by atoms with Crippen LogP contribution in [0, 0.1) is 5.41 Å². The van der Waals surface area contributed by atoms with Crippen LogP contribution in [0.4, 0.5) is 24.5 Å². The quantitative estimate of drug-likeness (QED) is 0.285. The van der Waals surface area contributed by atoms with Crippen molar-refractivity contribution in [2.75, 3.05) is 36.0 Å². The van der Waals surface area contributed by atoms with Crippen molar-refractivity contribution in [2.45, 2.75) is 32.7 Å². The Kier molecular flexibility index (Phi) is 6.97. The molecule has 1 amide bonds. The zero-order valence-corrected chi connectivity index (χ0v) is 23.2. The molecule has 0 unspecified atom stereocenters. The Bertz CT molecular complexity index is 1560. The fourth-order valence-corrected chi connectivity index (χ4v) is 6.02. The van der Waals surface area contributed by atoms with E-state index >= 15 is 0 Å². The lowest BCUT2D eigenvalue weighted by atomic mass is 9.78. The summed E-state index contributed by atoms with van der Waals surface area (Å²) in [4.78, 5) is 22.2. The number of carbonyl (C=O) groups is 1. The summed E-state index contributed by atoms with van der Waals surface area (Å²) >= 11 is 6.15. The number of benzene rings is 2. The van der Waals surface area contributed by atoms with Gasteiger partial charge in [0.25, 0.3) is 5.91 Å². The Balaban J connectivity index is 1.03. The highest BCUT2D eigenvalue weighted by molar-refractivity contribution is 6.30. The molecule has 2 fully saturated rings. The predicted molar refractivity (Wildman–Crippen MR) is 152 cm³/mol. The average Bonchev–Trinajstić information content (AvgIpc) is 3.53. The number of imidazole rings is 1. The fraction of sp³-hybridized carbons (Fsp3) is 0.333. The number of fused-ring (bicyclic) bond motifs is 1. The first-order chi connectivity index (χ1) is 19.6. The molecule has 1 spiro atoms. The molecule has 2 saturated heterocycles. The van der Waals surface area contributed by atoms with Gasteiger partial charge in [0.05, 0.1) is 10.7 Å². The first-order valence-electron chi connectivity index (χ1n) is 13.5. The molecule has 0 bridgehead atoms. The second kappa shape index (κ2) is 10.5. The second-order valence-electron chi connectivity index (χ2n) is 10.8. The van der Waals surface area contributed by atoms with Crippen LogP contribution in [-0.4, -0.2) is 47.8 Å². The monoisotopic (exact) mass is 583 g/mol. The number of ether oxygens (including phenoxy) is 1. The summed E-state index contributed by atoms with van der Waals surface area (Å²) in [5.74, 6) is -0.405. The third-order valence-electron chi connectivity index (χ3n) is 7.89. The van der Waals surface area contributed by atoms with Gasteiger partial charge in [-0.15, -0.1) is 13.2 Å². The SMILES string of the molecule is CCc1nc2ccc(Cl)cn2c1C(=O)NCc1ccc(N2CC3(CCN(c4ccc(OC(F)(F)F)cc4)C3)C2)cc1. The lowest BCUT2D eigenvalue weighted by Crippen LogP contribution is -2.57. The van der Waals surface area contributed by atoms with Crippen LogP contribution in [0.5, 0.6) is 5.75 Å². The van der Waals surface area contributed by atoms with E-state index < -0.39 is 6.36 Å². The molecule has 11 heteroatoms. The Labute approximate surface area is 240 Å². The van der Waals surface area contributed by atoms with Gasteiger partial charge in [0.2, 0.25) is 0 Å². The summed E-state index contributed by atoms with van der Waals surface area (Å²) in [5, 5.41) is 3.55. The first-order valence-corrected chi connectivity index (χ1v) is 13.9. The number of carbonyl (C=O) groups excluding carboxylic acids is 1. The topological polar surface area (TPSA) is 62.1 Å². The molecule has 2 aliphatic rings. The maximum Gasteiger partial charge on any atom is 0.573 e. The highest BCUT2D eigenvalue weighted by Crippen LogP contribution is 2.43. The van der Waals surface area contributed by atoms with E-state index in [-0.39, 0.29) is 17.1 Å². The van der Waals surface area contributed by atoms with Crippen molar-refractivity contribution in [3.63, 3.8) is 0 Å². The number of aryl methyl sites for hydroxylation is 1. The Morgan fingerprint density at radius 1 is 1.00 bits per heavy atom. The Morgan fingerprint density at radius 2 is 1.66 bits per heavy atom. The van der Waals surface area contributed by atoms with Gasteiger partial charge in [-0.3, -0.25) is 9.20 Å². The summed E-state index contributed by atoms with van der Waals surface area (Å²) in [6.07, 6.45) is -1.32. The zero-order valence-electron chi connectivity index (χ0n) is 22.4. The normalized spacial score (nSPS) is 16.3. The molecular weight excluding hydrogens is 555 g/mol. The van der Waals surface area contributed by atoms with Gasteiger partial charge in [-0.05, 0) is 66.9 Å². The highest BCUT2D eigenvalue weighted by Gasteiger charge is 2.47. The smallest absolute Gasteiger partial charge is 0.406 e. The standard InChI is InChI=1S/C30H29ClF3N5O2/c1-2-25-27(39-16-21(31)5-12-26(39)36-25)28(40)35-15-20-3-6-23(7-4-20)38-18-29(19-38)13-14-37(17-29)22-8-10-24(11-9-22)41-30(32,33)34/h3-12,16H,2,13-15,17-19H2,1H3,(H,35,40). The number of hydrogen-bond acceptors (Lipinski definition) is 5. The molecule has 0 saturated carbocycles. The van der Waals surface area contributed by atoms with E-state index in [0.717, 1.165) is 55.2 Å². The molecule has 4 aromatic rings. The Morgan fingerprint density at radius 3 is 2.34 bits per heavy atom. The Hall–Kier alpha value is -3.92. The van der Waals surface area contributed by atoms with Crippen molar-refractivity contribution >= 4 is 34.5 Å². The number of alkyl halides is 3. The molecule has 2 aromatic carbocycles. The lowest BCUT2D eigenvalue weighted by Gasteiger charge is -2.49. The summed E-state index contributed by atoms with van der Waals surface area (Å²) in [7, 11) is 0. The van der Waals surface area contributed by atoms with Crippen molar-refractivity contribution in [1.82, 2.24) is 14.7 Å². The van der Waals surface area contributed by atoms with Crippen molar-refractivity contribution < 1.29 is 22.7 Å². The van der Waals surface area contributed by atoms with Gasteiger partial charge in [-0.25, -0.2) is 4.98 Å². The number of aromatic nitrogens is 2. The van der Waals surface area contributed by atoms with Crippen LogP contribution in [-0.2, 0) is 13.0 Å². The highest BCUT2D eigenvalue weighted by atomic mass is 35.5. The first kappa shape index (κ1) is 27.3. The van der Waals surface area contributed by atoms with E-state index in [1.807, 2.05) is 19.1 Å². The van der Waals surface area contributed by atoms with Gasteiger partial charge in [0, 0.05) is 55.7 Å². The van der Waals surface area contributed by atoms with Crippen molar-refractivity contribution in [1.29, 1.82) is 0 Å². The number of amides is 1. The van der Waals surface area contributed by atoms with E-state index in [0.29, 0.717) is 29.3 Å². The number of hydrogen-bond donors (Lipinski definition) is 1. The molecule has 0 aliphatic carbocycles. The van der Waals surface area contributed by atoms with Crippen LogP contribution in [0.15, 0.2) is 66.9 Å². The number of anilines is 2. The fourth-order valence-electron chi connectivity index (χ4n) is 5.86. The predicted octanol–water partition coefficient (Wildman–Crippen LogP) is 6.10. The summed E-state index contributed by atoms with van der Waals surface area (Å²) < 4.78 is 43.0. The van der Waals surface area contributed by atoms with Crippen LogP contribution in [0.25, 0.3) is 5.65 Å². The summed E-state index contributed by atoms with van der Waals surface area (Å²) in [6.45, 7) is 5.93. The minimum atomic E-state index is -4.69. The molecule has 214 valence electrons. The van der Waals surface area contributed by atoms with Gasteiger partial charge < -0.3 is 19.9 Å². The van der Waals surface area contributed by atoms with E-state index in [2.05, 4.69) is 37.0 Å². The molecule has 2 aliphatic heterocycles. The van der Waals surface area contributed by atoms with Crippen molar-refractivity contribution in [3.8, 4) is 5.75 Å². The second-order valence-corrected chi connectivity index (χ2v) is 11.2. The summed E-state index contributed by atoms with van der Waals surface area (Å²) in [5.41, 5.74) is 5.11. The minimum absolute atomic E-state index is 0.168. The number of pyridine rings is 1. The van der Waals surface area contributed by atoms with Crippen molar-refractivity contribution in [3.05, 3.63) is 88.8 Å². The summed E-state index contributed by atoms with van der Waals surface area (Å²) in [6, 6.07) is 17.8. The van der Waals surface area contributed by atoms with Gasteiger partial charge >= 0.3 is 6.36 Å². The molecule has 2 aromatic heterocycles. The lowest BCUT2D eigenvalue weighted by molar-refractivity contribution is -0.274. The van der Waals surface area contributed by atoms with Gasteiger partial charge in [-0.1, -0.05) is 30.7 Å². The van der Waals surface area contributed by atoms with E-state index in [4.69, 9.17) is 11.6 Å². The zero-order chi connectivity index (χ0) is 28.8. The molecule has 0 radical (unpaired) electrons. The molecule has 7 nitrogen and oxygen atoms in total. The minimum Gasteiger partial charge on any atom is -0.406 e. The number of halogens is 4. The third kappa shape index (κ3) is 5.66. The van der Waals surface area contributed by atoms with Crippen LogP contribution in [0.2, 0.25) is 5.02 Å². The van der Waals surface area contributed by atoms with E-state index in [1.54, 1.807) is 34.9 Å². The van der Waals surface area contributed by atoms with Gasteiger partial charge in [0.15, 0.2) is 0 Å². The van der Waals surface area contributed by atoms with E-state index in [1.165, 1.54) is 12.1 Å². The molecule has 4 heterocycles. The van der Waals surface area contributed by atoms with Crippen LogP contribution >= 0.6 is 11.6 Å². The third-order valence-corrected chi connectivity index (χ3v) is 8.11. The van der Waals surface area contributed by atoms with Gasteiger partial charge in [-0.2, -0.15) is 0 Å². The van der Waals surface area contributed by atoms with Crippen molar-refractivity contribution in [2.24, 2.45) is 5.41 Å². The molecule has 1 N–H and O–H groups in total. The molecule has 41 heavy (non-hydrogen) atoms. The van der Waals surface area contributed by atoms with Crippen LogP contribution in [0.1, 0.15) is 35.1 Å². The van der Waals surface area contributed by atoms with E-state index in [9.17, 15) is 18.0 Å². The molecule has 0 atom stereocenters. The van der Waals surface area contributed by atoms with Crippen LogP contribution < -0.4 is 19.9 Å². The number of nitrogens with one attached hydrogen (secondary N) is 1. The molecular formula is C30H29ClF3N5O2. The van der Waals surface area contributed by atoms with Gasteiger partial charge in [0.1, 0.15) is 17.1 Å². The molecule has 6 rings (SSSR count). The number of rotatable bonds is 7. The largest absolute Gasteiger partial charge is 0.573 e. The maximum absolute atomic E-state index is 13.1. The maximum atomic E-state index is 13.1. The average molecular weight is 584 g/mol. The number of nitrogens with zero attached hydrogens (tertiary/aromatic N) is 4. The van der Waals surface area contributed by atoms with Crippen LogP contribution in [0.3, 0.4) is 0 Å².